The highest BCUT2D eigenvalue weighted by Gasteiger charge is 2.26. The van der Waals surface area contributed by atoms with Crippen molar-refractivity contribution in [2.75, 3.05) is 13.2 Å². The van der Waals surface area contributed by atoms with E-state index in [9.17, 15) is 14.7 Å². The van der Waals surface area contributed by atoms with Crippen LogP contribution < -0.4 is 0 Å². The van der Waals surface area contributed by atoms with Gasteiger partial charge in [0.25, 0.3) is 0 Å². The topological polar surface area (TPSA) is 124 Å². The summed E-state index contributed by atoms with van der Waals surface area (Å²) >= 11 is 1.88. The number of aryl methyl sites for hydroxylation is 1. The Morgan fingerprint density at radius 1 is 1.09 bits per heavy atom. The minimum Gasteiger partial charge on any atom is -0.478 e. The Kier molecular flexibility index (Phi) is 8.72. The molecular formula is C23H31N3O5S. The van der Waals surface area contributed by atoms with Gasteiger partial charge in [0, 0.05) is 35.0 Å². The molecule has 1 saturated carbocycles. The van der Waals surface area contributed by atoms with Gasteiger partial charge in [-0.25, -0.2) is 19.6 Å². The maximum atomic E-state index is 9.58. The lowest BCUT2D eigenvalue weighted by molar-refractivity contribution is -0.134. The molecule has 0 spiro atoms. The molecular weight excluding hydrogens is 430 g/mol. The lowest BCUT2D eigenvalue weighted by Crippen LogP contribution is -2.32. The molecule has 174 valence electrons. The van der Waals surface area contributed by atoms with Crippen LogP contribution in [0.4, 0.5) is 0 Å². The van der Waals surface area contributed by atoms with Crippen LogP contribution in [0.3, 0.4) is 0 Å². The number of aliphatic hydroxyl groups excluding tert-OH is 1. The van der Waals surface area contributed by atoms with Crippen molar-refractivity contribution in [2.45, 2.75) is 70.4 Å². The standard InChI is InChI=1S/C19H27N3OS.C4H4O4/c1-13-20-17(11-22-9-5-8-15(22)12-23)16-10-18(24-19(16)21-13)14-6-3-2-4-7-14;5-3(6)1-2-4(7)8/h10,14-15,23H,2-9,11-12H2,1H3;1-2H,(H,5,6)(H,7,8)/b;2-1+/t15-;/m0./s1. The fraction of sp³-hybridized carbons (Fsp3) is 0.565. The number of aliphatic hydroxyl groups is 1. The lowest BCUT2D eigenvalue weighted by Gasteiger charge is -2.22. The molecule has 2 aromatic rings. The van der Waals surface area contributed by atoms with Gasteiger partial charge in [0.1, 0.15) is 10.7 Å². The highest BCUT2D eigenvalue weighted by atomic mass is 32.1. The normalized spacial score (nSPS) is 19.9. The summed E-state index contributed by atoms with van der Waals surface area (Å²) in [6.07, 6.45) is 10.2. The quantitative estimate of drug-likeness (QED) is 0.556. The van der Waals surface area contributed by atoms with Crippen molar-refractivity contribution in [2.24, 2.45) is 0 Å². The molecule has 2 aromatic heterocycles. The van der Waals surface area contributed by atoms with Crippen LogP contribution in [-0.4, -0.2) is 61.3 Å². The first-order valence-corrected chi connectivity index (χ1v) is 11.9. The van der Waals surface area contributed by atoms with Crippen molar-refractivity contribution in [3.05, 3.63) is 34.6 Å². The zero-order valence-corrected chi connectivity index (χ0v) is 19.2. The van der Waals surface area contributed by atoms with Gasteiger partial charge >= 0.3 is 11.9 Å². The van der Waals surface area contributed by atoms with Crippen molar-refractivity contribution in [1.82, 2.24) is 14.9 Å². The number of nitrogens with zero attached hydrogens (tertiary/aromatic N) is 3. The summed E-state index contributed by atoms with van der Waals surface area (Å²) in [5.41, 5.74) is 1.15. The molecule has 1 aliphatic carbocycles. The van der Waals surface area contributed by atoms with E-state index < -0.39 is 11.9 Å². The second-order valence-corrected chi connectivity index (χ2v) is 9.44. The predicted octanol–water partition coefficient (Wildman–Crippen LogP) is 3.72. The third-order valence-electron chi connectivity index (χ3n) is 6.04. The molecule has 2 fully saturated rings. The number of rotatable bonds is 6. The first-order chi connectivity index (χ1) is 15.4. The van der Waals surface area contributed by atoms with Gasteiger partial charge in [0.2, 0.25) is 0 Å². The van der Waals surface area contributed by atoms with E-state index >= 15 is 0 Å². The molecule has 0 amide bonds. The van der Waals surface area contributed by atoms with Crippen LogP contribution in [0.25, 0.3) is 10.2 Å². The molecule has 0 aromatic carbocycles. The third-order valence-corrected chi connectivity index (χ3v) is 7.23. The number of aliphatic carboxylic acids is 2. The number of carboxylic acid groups (broad SMARTS) is 2. The number of aromatic nitrogens is 2. The van der Waals surface area contributed by atoms with Gasteiger partial charge in [-0.15, -0.1) is 11.3 Å². The smallest absolute Gasteiger partial charge is 0.328 e. The number of likely N-dealkylation sites (tertiary alicyclic amines) is 1. The van der Waals surface area contributed by atoms with E-state index in [4.69, 9.17) is 20.2 Å². The average Bonchev–Trinajstić information content (AvgIpc) is 3.40. The van der Waals surface area contributed by atoms with Crippen molar-refractivity contribution in [1.29, 1.82) is 0 Å². The van der Waals surface area contributed by atoms with E-state index in [1.807, 2.05) is 18.3 Å². The summed E-state index contributed by atoms with van der Waals surface area (Å²) < 4.78 is 0. The maximum Gasteiger partial charge on any atom is 0.328 e. The molecule has 0 unspecified atom stereocenters. The summed E-state index contributed by atoms with van der Waals surface area (Å²) in [5.74, 6) is -0.919. The second-order valence-electron chi connectivity index (χ2n) is 8.38. The van der Waals surface area contributed by atoms with Crippen molar-refractivity contribution in [3.8, 4) is 0 Å². The van der Waals surface area contributed by atoms with E-state index in [0.29, 0.717) is 18.2 Å². The minimum atomic E-state index is -1.26. The molecule has 3 heterocycles. The number of hydrogen-bond acceptors (Lipinski definition) is 7. The van der Waals surface area contributed by atoms with Crippen molar-refractivity contribution >= 4 is 33.5 Å². The summed E-state index contributed by atoms with van der Waals surface area (Å²) in [4.78, 5) is 33.6. The molecule has 1 atom stereocenters. The molecule has 3 N–H and O–H groups in total. The average molecular weight is 462 g/mol. The second kappa shape index (κ2) is 11.5. The number of carbonyl (C=O) groups is 2. The zero-order chi connectivity index (χ0) is 23.1. The minimum absolute atomic E-state index is 0.254. The van der Waals surface area contributed by atoms with E-state index in [1.165, 1.54) is 48.8 Å². The fourth-order valence-corrected chi connectivity index (χ4v) is 5.74. The van der Waals surface area contributed by atoms with Crippen LogP contribution in [0.1, 0.15) is 67.3 Å². The summed E-state index contributed by atoms with van der Waals surface area (Å²) in [6, 6.07) is 2.67. The van der Waals surface area contributed by atoms with Crippen LogP contribution >= 0.6 is 11.3 Å². The molecule has 2 aliphatic rings. The predicted molar refractivity (Wildman–Crippen MR) is 123 cm³/mol. The first kappa shape index (κ1) is 24.3. The molecule has 1 saturated heterocycles. The van der Waals surface area contributed by atoms with Crippen molar-refractivity contribution < 1.29 is 24.9 Å². The van der Waals surface area contributed by atoms with E-state index in [1.54, 1.807) is 0 Å². The van der Waals surface area contributed by atoms with Gasteiger partial charge < -0.3 is 15.3 Å². The van der Waals surface area contributed by atoms with E-state index in [0.717, 1.165) is 41.8 Å². The number of fused-ring (bicyclic) bond motifs is 1. The Labute approximate surface area is 191 Å². The highest BCUT2D eigenvalue weighted by molar-refractivity contribution is 7.18. The van der Waals surface area contributed by atoms with Crippen LogP contribution in [0.15, 0.2) is 18.2 Å². The molecule has 0 bridgehead atoms. The van der Waals surface area contributed by atoms with Gasteiger partial charge in [0.15, 0.2) is 0 Å². The summed E-state index contributed by atoms with van der Waals surface area (Å²) in [6.45, 7) is 4.15. The van der Waals surface area contributed by atoms with E-state index in [2.05, 4.69) is 11.0 Å². The fourth-order valence-electron chi connectivity index (χ4n) is 4.47. The Balaban J connectivity index is 0.000000312. The summed E-state index contributed by atoms with van der Waals surface area (Å²) in [7, 11) is 0. The Morgan fingerprint density at radius 2 is 1.78 bits per heavy atom. The van der Waals surface area contributed by atoms with Crippen LogP contribution in [0.5, 0.6) is 0 Å². The largest absolute Gasteiger partial charge is 0.478 e. The molecule has 4 rings (SSSR count). The maximum absolute atomic E-state index is 9.58. The Bertz CT molecular complexity index is 952. The van der Waals surface area contributed by atoms with Crippen LogP contribution in [0, 0.1) is 6.92 Å². The van der Waals surface area contributed by atoms with E-state index in [-0.39, 0.29) is 6.61 Å². The Morgan fingerprint density at radius 3 is 2.41 bits per heavy atom. The number of carboxylic acids is 2. The third kappa shape index (κ3) is 6.57. The Hall–Kier alpha value is -2.36. The molecule has 1 aliphatic heterocycles. The SMILES string of the molecule is Cc1nc(CN2CCC[C@H]2CO)c2cc(C3CCCCC3)sc2n1.O=C(O)/C=C/C(=O)O. The monoisotopic (exact) mass is 461 g/mol. The zero-order valence-electron chi connectivity index (χ0n) is 18.4. The van der Waals surface area contributed by atoms with Gasteiger partial charge in [0.05, 0.1) is 12.3 Å². The molecule has 0 radical (unpaired) electrons. The van der Waals surface area contributed by atoms with Crippen LogP contribution in [-0.2, 0) is 16.1 Å². The van der Waals surface area contributed by atoms with Crippen molar-refractivity contribution in [3.63, 3.8) is 0 Å². The van der Waals surface area contributed by atoms with Gasteiger partial charge in [-0.1, -0.05) is 19.3 Å². The molecule has 8 nitrogen and oxygen atoms in total. The summed E-state index contributed by atoms with van der Waals surface area (Å²) in [5, 5.41) is 26.5. The number of hydrogen-bond donors (Lipinski definition) is 3. The van der Waals surface area contributed by atoms with Gasteiger partial charge in [-0.05, 0) is 51.1 Å². The highest BCUT2D eigenvalue weighted by Crippen LogP contribution is 2.39. The molecule has 32 heavy (non-hydrogen) atoms. The number of thiophene rings is 1. The van der Waals surface area contributed by atoms with Gasteiger partial charge in [-0.2, -0.15) is 0 Å². The van der Waals surface area contributed by atoms with Crippen LogP contribution in [0.2, 0.25) is 0 Å². The van der Waals surface area contributed by atoms with Gasteiger partial charge in [-0.3, -0.25) is 4.90 Å². The molecule has 9 heteroatoms. The first-order valence-electron chi connectivity index (χ1n) is 11.1. The lowest BCUT2D eigenvalue weighted by atomic mass is 9.88.